The molecular formula is C14H24NO4+. The predicted octanol–water partition coefficient (Wildman–Crippen LogP) is 1.30. The van der Waals surface area contributed by atoms with Crippen molar-refractivity contribution < 1.29 is 23.5 Å². The Kier molecular flexibility index (Phi) is 7.75. The highest BCUT2D eigenvalue weighted by atomic mass is 16.6. The van der Waals surface area contributed by atoms with Crippen molar-refractivity contribution in [2.24, 2.45) is 0 Å². The number of hydrogen-bond donors (Lipinski definition) is 0. The van der Waals surface area contributed by atoms with E-state index in [1.807, 2.05) is 0 Å². The number of quaternary nitrogens is 1. The number of carbonyl (C=O) groups excluding carboxylic acids is 2. The van der Waals surface area contributed by atoms with Crippen molar-refractivity contribution in [1.82, 2.24) is 0 Å². The zero-order chi connectivity index (χ0) is 14.9. The molecule has 0 spiro atoms. The molecule has 0 rings (SSSR count). The number of esters is 2. The maximum absolute atomic E-state index is 12.0. The first-order valence-electron chi connectivity index (χ1n) is 6.36. The van der Waals surface area contributed by atoms with Crippen LogP contribution in [0.4, 0.5) is 0 Å². The lowest BCUT2D eigenvalue weighted by molar-refractivity contribution is -0.906. The van der Waals surface area contributed by atoms with Crippen molar-refractivity contribution in [2.45, 2.75) is 19.9 Å². The maximum atomic E-state index is 12.0. The maximum Gasteiger partial charge on any atom is 0.377 e. The van der Waals surface area contributed by atoms with Crippen molar-refractivity contribution in [3.8, 4) is 0 Å². The third-order valence-corrected chi connectivity index (χ3v) is 2.74. The van der Waals surface area contributed by atoms with Gasteiger partial charge in [0.2, 0.25) is 0 Å². The summed E-state index contributed by atoms with van der Waals surface area (Å²) in [6, 6.07) is -1.02. The zero-order valence-corrected chi connectivity index (χ0v) is 12.1. The van der Waals surface area contributed by atoms with E-state index in [0.717, 1.165) is 0 Å². The minimum atomic E-state index is -1.02. The van der Waals surface area contributed by atoms with Crippen LogP contribution in [0.2, 0.25) is 0 Å². The molecule has 0 aromatic rings. The van der Waals surface area contributed by atoms with Crippen LogP contribution in [-0.4, -0.2) is 55.8 Å². The van der Waals surface area contributed by atoms with Gasteiger partial charge in [-0.1, -0.05) is 13.2 Å². The van der Waals surface area contributed by atoms with Crippen LogP contribution in [0, 0.1) is 0 Å². The predicted molar refractivity (Wildman–Crippen MR) is 73.4 cm³/mol. The summed E-state index contributed by atoms with van der Waals surface area (Å²) in [5.74, 6) is -1.15. The lowest BCUT2D eigenvalue weighted by Gasteiger charge is -2.36. The number of nitrogens with zero attached hydrogens (tertiary/aromatic N) is 1. The van der Waals surface area contributed by atoms with Crippen molar-refractivity contribution in [2.75, 3.05) is 33.4 Å². The van der Waals surface area contributed by atoms with E-state index < -0.39 is 18.0 Å². The molecule has 19 heavy (non-hydrogen) atoms. The topological polar surface area (TPSA) is 52.6 Å². The number of rotatable bonds is 9. The second-order valence-corrected chi connectivity index (χ2v) is 4.33. The summed E-state index contributed by atoms with van der Waals surface area (Å²) in [5.41, 5.74) is 0. The van der Waals surface area contributed by atoms with Gasteiger partial charge in [0.15, 0.2) is 0 Å². The van der Waals surface area contributed by atoms with E-state index in [1.54, 1.807) is 33.0 Å². The average Bonchev–Trinajstić information content (AvgIpc) is 2.30. The molecule has 108 valence electrons. The Morgan fingerprint density at radius 3 is 1.68 bits per heavy atom. The van der Waals surface area contributed by atoms with Gasteiger partial charge in [-0.2, -0.15) is 0 Å². The molecule has 0 N–H and O–H groups in total. The number of ether oxygens (including phenoxy) is 2. The van der Waals surface area contributed by atoms with Gasteiger partial charge in [-0.15, -0.1) is 0 Å². The summed E-state index contributed by atoms with van der Waals surface area (Å²) >= 11 is 0. The van der Waals surface area contributed by atoms with E-state index in [2.05, 4.69) is 13.2 Å². The van der Waals surface area contributed by atoms with Gasteiger partial charge >= 0.3 is 11.9 Å². The van der Waals surface area contributed by atoms with Crippen LogP contribution in [0.3, 0.4) is 0 Å². The largest absolute Gasteiger partial charge is 0.461 e. The normalized spacial score (nSPS) is 10.9. The molecule has 0 aliphatic heterocycles. The van der Waals surface area contributed by atoms with E-state index in [0.29, 0.717) is 13.1 Å². The highest BCUT2D eigenvalue weighted by Crippen LogP contribution is 2.15. The van der Waals surface area contributed by atoms with Crippen LogP contribution in [0.15, 0.2) is 25.3 Å². The monoisotopic (exact) mass is 270 g/mol. The molecule has 0 amide bonds. The van der Waals surface area contributed by atoms with Gasteiger partial charge in [0.25, 0.3) is 6.04 Å². The zero-order valence-electron chi connectivity index (χ0n) is 12.1. The summed E-state index contributed by atoms with van der Waals surface area (Å²) in [6.45, 7) is 12.0. The highest BCUT2D eigenvalue weighted by Gasteiger charge is 2.45. The quantitative estimate of drug-likeness (QED) is 0.274. The summed E-state index contributed by atoms with van der Waals surface area (Å²) < 4.78 is 10.1. The fourth-order valence-corrected chi connectivity index (χ4v) is 1.92. The van der Waals surface area contributed by atoms with E-state index in [9.17, 15) is 9.59 Å². The van der Waals surface area contributed by atoms with Gasteiger partial charge < -0.3 is 9.47 Å². The molecule has 0 saturated carbocycles. The Balaban J connectivity index is 5.37. The molecule has 0 bridgehead atoms. The second-order valence-electron chi connectivity index (χ2n) is 4.33. The standard InChI is InChI=1S/C14H24NO4/c1-6-10-15(5,11-7-2)12(13(16)18-8-3)14(17)19-9-4/h6-7,12H,1-2,8-11H2,3-5H3/q+1. The van der Waals surface area contributed by atoms with Crippen molar-refractivity contribution in [3.63, 3.8) is 0 Å². The molecule has 0 aliphatic carbocycles. The number of likely N-dealkylation sites (N-methyl/N-ethyl adjacent to an activating group) is 1. The molecule has 0 fully saturated rings. The lowest BCUT2D eigenvalue weighted by Crippen LogP contribution is -2.60. The minimum Gasteiger partial charge on any atom is -0.461 e. The number of hydrogen-bond acceptors (Lipinski definition) is 4. The summed E-state index contributed by atoms with van der Waals surface area (Å²) in [5, 5.41) is 0. The SMILES string of the molecule is C=CC[N+](C)(CC=C)C(C(=O)OCC)C(=O)OCC. The Morgan fingerprint density at radius 2 is 1.42 bits per heavy atom. The fraction of sp³-hybridized carbons (Fsp3) is 0.571. The summed E-state index contributed by atoms with van der Waals surface area (Å²) in [7, 11) is 1.78. The van der Waals surface area contributed by atoms with Crippen molar-refractivity contribution in [1.29, 1.82) is 0 Å². The molecule has 0 radical (unpaired) electrons. The second kappa shape index (κ2) is 8.48. The first kappa shape index (κ1) is 17.4. The first-order chi connectivity index (χ1) is 8.96. The summed E-state index contributed by atoms with van der Waals surface area (Å²) in [6.07, 6.45) is 3.32. The minimum absolute atomic E-state index is 0.116. The Morgan fingerprint density at radius 1 is 1.05 bits per heavy atom. The highest BCUT2D eigenvalue weighted by molar-refractivity contribution is 5.97. The molecule has 0 aromatic carbocycles. The van der Waals surface area contributed by atoms with Gasteiger partial charge in [-0.25, -0.2) is 9.59 Å². The molecule has 5 heteroatoms. The van der Waals surface area contributed by atoms with Crippen LogP contribution in [0.1, 0.15) is 13.8 Å². The van der Waals surface area contributed by atoms with Gasteiger partial charge in [0, 0.05) is 0 Å². The van der Waals surface area contributed by atoms with Gasteiger partial charge in [0.05, 0.1) is 33.4 Å². The van der Waals surface area contributed by atoms with Gasteiger partial charge in [0.1, 0.15) is 0 Å². The Bertz CT molecular complexity index is 310. The Hall–Kier alpha value is -1.62. The Labute approximate surface area is 115 Å². The average molecular weight is 270 g/mol. The molecule has 0 aromatic heterocycles. The van der Waals surface area contributed by atoms with E-state index in [4.69, 9.17) is 9.47 Å². The van der Waals surface area contributed by atoms with Gasteiger partial charge in [-0.3, -0.25) is 4.48 Å². The van der Waals surface area contributed by atoms with E-state index in [-0.39, 0.29) is 17.7 Å². The third-order valence-electron chi connectivity index (χ3n) is 2.74. The van der Waals surface area contributed by atoms with Crippen LogP contribution in [0.5, 0.6) is 0 Å². The van der Waals surface area contributed by atoms with Gasteiger partial charge in [-0.05, 0) is 26.0 Å². The van der Waals surface area contributed by atoms with E-state index in [1.165, 1.54) is 0 Å². The lowest BCUT2D eigenvalue weighted by atomic mass is 10.2. The smallest absolute Gasteiger partial charge is 0.377 e. The molecule has 0 unspecified atom stereocenters. The van der Waals surface area contributed by atoms with Crippen LogP contribution in [0.25, 0.3) is 0 Å². The van der Waals surface area contributed by atoms with Crippen LogP contribution in [-0.2, 0) is 19.1 Å². The third kappa shape index (κ3) is 4.87. The number of carbonyl (C=O) groups is 2. The fourth-order valence-electron chi connectivity index (χ4n) is 1.92. The molecular weight excluding hydrogens is 246 g/mol. The van der Waals surface area contributed by atoms with Crippen LogP contribution >= 0.6 is 0 Å². The molecule has 5 nitrogen and oxygen atoms in total. The van der Waals surface area contributed by atoms with Crippen molar-refractivity contribution >= 4 is 11.9 Å². The van der Waals surface area contributed by atoms with Crippen LogP contribution < -0.4 is 0 Å². The molecule has 0 aliphatic rings. The first-order valence-corrected chi connectivity index (χ1v) is 6.36. The summed E-state index contributed by atoms with van der Waals surface area (Å²) in [4.78, 5) is 24.1. The molecule has 0 heterocycles. The molecule has 0 saturated heterocycles. The molecule has 0 atom stereocenters. The van der Waals surface area contributed by atoms with E-state index >= 15 is 0 Å². The van der Waals surface area contributed by atoms with Crippen molar-refractivity contribution in [3.05, 3.63) is 25.3 Å².